The highest BCUT2D eigenvalue weighted by Crippen LogP contribution is 2.26. The molecule has 1 aromatic heterocycles. The number of hydrogen-bond donors (Lipinski definition) is 1. The van der Waals surface area contributed by atoms with E-state index in [0.29, 0.717) is 12.1 Å². The number of likely N-dealkylation sites (N-methyl/N-ethyl adjacent to an activating group) is 1. The van der Waals surface area contributed by atoms with Crippen LogP contribution in [0.1, 0.15) is 0 Å². The van der Waals surface area contributed by atoms with Crippen LogP contribution in [0.3, 0.4) is 0 Å². The normalized spacial score (nSPS) is 25.3. The third-order valence-electron chi connectivity index (χ3n) is 4.74. The van der Waals surface area contributed by atoms with E-state index >= 15 is 0 Å². The third-order valence-corrected chi connectivity index (χ3v) is 6.57. The van der Waals surface area contributed by atoms with E-state index in [4.69, 9.17) is 9.15 Å². The second-order valence-corrected chi connectivity index (χ2v) is 8.27. The van der Waals surface area contributed by atoms with Gasteiger partial charge in [0.15, 0.2) is 5.58 Å². The monoisotopic (exact) mass is 367 g/mol. The summed E-state index contributed by atoms with van der Waals surface area (Å²) in [5.41, 5.74) is 0.609. The molecule has 1 aromatic carbocycles. The van der Waals surface area contributed by atoms with Crippen LogP contribution in [0.5, 0.6) is 0 Å². The number of sulfonamides is 1. The first kappa shape index (κ1) is 16.3. The Hall–Kier alpha value is -2.17. The Morgan fingerprint density at radius 1 is 1.20 bits per heavy atom. The molecule has 2 aliphatic rings. The van der Waals surface area contributed by atoms with E-state index in [-0.39, 0.29) is 42.1 Å². The SMILES string of the molecule is CN1C(=O)[C@H]2COC[C@@H]1CN(S(=O)(=O)c1ccc3[nH]c(=O)oc3c1)C2. The molecule has 2 saturated heterocycles. The molecule has 3 heterocycles. The molecular weight excluding hydrogens is 350 g/mol. The Kier molecular flexibility index (Phi) is 3.71. The first-order chi connectivity index (χ1) is 11.9. The van der Waals surface area contributed by atoms with E-state index in [9.17, 15) is 18.0 Å². The maximum atomic E-state index is 13.1. The van der Waals surface area contributed by atoms with Gasteiger partial charge in [0.25, 0.3) is 0 Å². The number of oxazole rings is 1. The van der Waals surface area contributed by atoms with Crippen LogP contribution in [0.2, 0.25) is 0 Å². The predicted octanol–water partition coefficient (Wildman–Crippen LogP) is -0.401. The van der Waals surface area contributed by atoms with Crippen molar-refractivity contribution in [3.8, 4) is 0 Å². The van der Waals surface area contributed by atoms with E-state index in [1.165, 1.54) is 22.5 Å². The van der Waals surface area contributed by atoms with Crippen molar-refractivity contribution in [2.75, 3.05) is 33.4 Å². The molecule has 1 amide bonds. The fourth-order valence-corrected chi connectivity index (χ4v) is 4.83. The second-order valence-electron chi connectivity index (χ2n) is 6.33. The third kappa shape index (κ3) is 2.66. The first-order valence-corrected chi connectivity index (χ1v) is 9.28. The van der Waals surface area contributed by atoms with Gasteiger partial charge in [0.2, 0.25) is 15.9 Å². The van der Waals surface area contributed by atoms with Crippen LogP contribution in [0.15, 0.2) is 32.3 Å². The second kappa shape index (κ2) is 5.68. The lowest BCUT2D eigenvalue weighted by atomic mass is 10.1. The van der Waals surface area contributed by atoms with E-state index in [0.717, 1.165) is 0 Å². The smallest absolute Gasteiger partial charge is 0.408 e. The average Bonchev–Trinajstić information content (AvgIpc) is 2.81. The number of nitrogens with one attached hydrogen (secondary N) is 1. The molecule has 10 heteroatoms. The van der Waals surface area contributed by atoms with Crippen molar-refractivity contribution in [3.05, 3.63) is 28.7 Å². The number of aromatic amines is 1. The Balaban J connectivity index is 1.73. The van der Waals surface area contributed by atoms with Gasteiger partial charge >= 0.3 is 5.76 Å². The standard InChI is InChI=1S/C15H17N3O6S/c1-17-10-6-18(5-9(14(17)19)7-23-8-10)25(21,22)11-2-3-12-13(4-11)24-15(20)16-12/h2-4,9-10H,5-8H2,1H3,(H,16,20)/t9-,10+/m1/s1. The number of amides is 1. The van der Waals surface area contributed by atoms with Gasteiger partial charge in [-0.1, -0.05) is 0 Å². The number of nitrogens with zero attached hydrogens (tertiary/aromatic N) is 2. The molecule has 0 saturated carbocycles. The van der Waals surface area contributed by atoms with Gasteiger partial charge in [-0.05, 0) is 12.1 Å². The zero-order chi connectivity index (χ0) is 17.8. The highest BCUT2D eigenvalue weighted by Gasteiger charge is 2.41. The summed E-state index contributed by atoms with van der Waals surface area (Å²) in [5.74, 6) is -1.27. The summed E-state index contributed by atoms with van der Waals surface area (Å²) in [4.78, 5) is 27.7. The summed E-state index contributed by atoms with van der Waals surface area (Å²) in [6.07, 6.45) is 0. The molecular formula is C15H17N3O6S. The van der Waals surface area contributed by atoms with Crippen LogP contribution < -0.4 is 5.76 Å². The first-order valence-electron chi connectivity index (χ1n) is 7.84. The summed E-state index contributed by atoms with van der Waals surface area (Å²) in [6, 6.07) is 3.91. The topological polar surface area (TPSA) is 113 Å². The summed E-state index contributed by atoms with van der Waals surface area (Å²) < 4.78 is 37.9. The lowest BCUT2D eigenvalue weighted by Gasteiger charge is -2.28. The van der Waals surface area contributed by atoms with Crippen LogP contribution in [0.25, 0.3) is 11.1 Å². The molecule has 4 rings (SSSR count). The Morgan fingerprint density at radius 3 is 2.80 bits per heavy atom. The van der Waals surface area contributed by atoms with Crippen LogP contribution >= 0.6 is 0 Å². The number of aromatic nitrogens is 1. The van der Waals surface area contributed by atoms with Crippen molar-refractivity contribution in [1.82, 2.24) is 14.2 Å². The van der Waals surface area contributed by atoms with E-state index in [1.54, 1.807) is 11.9 Å². The highest BCUT2D eigenvalue weighted by atomic mass is 32.2. The molecule has 0 aliphatic carbocycles. The van der Waals surface area contributed by atoms with Crippen molar-refractivity contribution in [1.29, 1.82) is 0 Å². The zero-order valence-electron chi connectivity index (χ0n) is 13.5. The van der Waals surface area contributed by atoms with Gasteiger partial charge in [-0.2, -0.15) is 4.31 Å². The number of fused-ring (bicyclic) bond motifs is 4. The maximum absolute atomic E-state index is 13.1. The lowest BCUT2D eigenvalue weighted by molar-refractivity contribution is -0.133. The molecule has 0 unspecified atom stereocenters. The average molecular weight is 367 g/mol. The van der Waals surface area contributed by atoms with Crippen LogP contribution in [-0.2, 0) is 19.6 Å². The quantitative estimate of drug-likeness (QED) is 0.773. The number of hydrogen-bond acceptors (Lipinski definition) is 6. The van der Waals surface area contributed by atoms with Crippen molar-refractivity contribution >= 4 is 27.0 Å². The molecule has 2 aliphatic heterocycles. The largest absolute Gasteiger partial charge is 0.417 e. The Morgan fingerprint density at radius 2 is 2.00 bits per heavy atom. The van der Waals surface area contributed by atoms with Gasteiger partial charge in [0.05, 0.1) is 35.6 Å². The number of ether oxygens (including phenoxy) is 1. The highest BCUT2D eigenvalue weighted by molar-refractivity contribution is 7.89. The van der Waals surface area contributed by atoms with E-state index < -0.39 is 21.7 Å². The van der Waals surface area contributed by atoms with Crippen molar-refractivity contribution in [3.63, 3.8) is 0 Å². The minimum absolute atomic E-state index is 0.0266. The Bertz CT molecular complexity index is 994. The summed E-state index contributed by atoms with van der Waals surface area (Å²) in [6.45, 7) is 0.737. The minimum atomic E-state index is -3.83. The van der Waals surface area contributed by atoms with Crippen LogP contribution in [0.4, 0.5) is 0 Å². The molecule has 2 fully saturated rings. The van der Waals surface area contributed by atoms with Crippen LogP contribution in [0, 0.1) is 5.92 Å². The van der Waals surface area contributed by atoms with Gasteiger partial charge in [0.1, 0.15) is 0 Å². The van der Waals surface area contributed by atoms with Crippen molar-refractivity contribution in [2.45, 2.75) is 10.9 Å². The van der Waals surface area contributed by atoms with E-state index in [1.807, 2.05) is 0 Å². The molecule has 2 aromatic rings. The van der Waals surface area contributed by atoms with Gasteiger partial charge in [0, 0.05) is 26.2 Å². The van der Waals surface area contributed by atoms with Crippen molar-refractivity contribution < 1.29 is 22.4 Å². The maximum Gasteiger partial charge on any atom is 0.417 e. The number of H-pyrrole nitrogens is 1. The molecule has 25 heavy (non-hydrogen) atoms. The number of carbonyl (C=O) groups is 1. The molecule has 2 atom stereocenters. The predicted molar refractivity (Wildman–Crippen MR) is 86.5 cm³/mol. The van der Waals surface area contributed by atoms with Gasteiger partial charge < -0.3 is 14.1 Å². The van der Waals surface area contributed by atoms with Crippen LogP contribution in [-0.4, -0.2) is 67.9 Å². The molecule has 0 spiro atoms. The lowest BCUT2D eigenvalue weighted by Crippen LogP contribution is -2.45. The number of benzene rings is 1. The number of carbonyl (C=O) groups excluding carboxylic acids is 1. The zero-order valence-corrected chi connectivity index (χ0v) is 14.3. The van der Waals surface area contributed by atoms with E-state index in [2.05, 4.69) is 4.98 Å². The van der Waals surface area contributed by atoms with Crippen molar-refractivity contribution in [2.24, 2.45) is 5.92 Å². The fourth-order valence-electron chi connectivity index (χ4n) is 3.29. The number of rotatable bonds is 2. The Labute approximate surface area is 143 Å². The van der Waals surface area contributed by atoms with Gasteiger partial charge in [-0.25, -0.2) is 13.2 Å². The molecule has 134 valence electrons. The molecule has 9 nitrogen and oxygen atoms in total. The molecule has 1 N–H and O–H groups in total. The molecule has 2 bridgehead atoms. The summed E-state index contributed by atoms with van der Waals surface area (Å²) in [7, 11) is -2.16. The summed E-state index contributed by atoms with van der Waals surface area (Å²) >= 11 is 0. The van der Waals surface area contributed by atoms with Gasteiger partial charge in [-0.3, -0.25) is 9.78 Å². The fraction of sp³-hybridized carbons (Fsp3) is 0.467. The minimum Gasteiger partial charge on any atom is -0.408 e. The summed E-state index contributed by atoms with van der Waals surface area (Å²) in [5, 5.41) is 0. The molecule has 0 radical (unpaired) electrons. The van der Waals surface area contributed by atoms with Gasteiger partial charge in [-0.15, -0.1) is 0 Å².